The Morgan fingerprint density at radius 2 is 1.65 bits per heavy atom. The lowest BCUT2D eigenvalue weighted by Gasteiger charge is -2.19. The fourth-order valence-electron chi connectivity index (χ4n) is 3.39. The molecule has 0 atom stereocenters. The van der Waals surface area contributed by atoms with Crippen LogP contribution in [0.5, 0.6) is 0 Å². The van der Waals surface area contributed by atoms with Gasteiger partial charge >= 0.3 is 0 Å². The van der Waals surface area contributed by atoms with Crippen LogP contribution >= 0.6 is 0 Å². The minimum absolute atomic E-state index is 0.787. The number of hydrogen-bond donors (Lipinski definition) is 1. The zero-order valence-corrected chi connectivity index (χ0v) is 10.4. The van der Waals surface area contributed by atoms with E-state index in [0.29, 0.717) is 0 Å². The molecule has 1 aromatic rings. The molecule has 1 aromatic carbocycles. The van der Waals surface area contributed by atoms with Gasteiger partial charge in [0.15, 0.2) is 0 Å². The quantitative estimate of drug-likeness (QED) is 0.825. The van der Waals surface area contributed by atoms with Crippen LogP contribution < -0.4 is 5.32 Å². The maximum Gasteiger partial charge on any atom is 0.0345 e. The van der Waals surface area contributed by atoms with E-state index < -0.39 is 0 Å². The normalized spacial score (nSPS) is 22.9. The standard InChI is InChI=1S/C16H21N/c1-2-11-8-9-15(10-14(11)3-1)17-16(12-4-5-12)13-6-7-13/h8-10,12-13,16-17H,1-7H2. The Hall–Kier alpha value is -0.980. The van der Waals surface area contributed by atoms with Gasteiger partial charge in [-0.05, 0) is 80.0 Å². The van der Waals surface area contributed by atoms with Gasteiger partial charge in [0.25, 0.3) is 0 Å². The molecule has 0 saturated heterocycles. The van der Waals surface area contributed by atoms with Crippen molar-refractivity contribution in [1.82, 2.24) is 0 Å². The molecule has 3 aliphatic carbocycles. The monoisotopic (exact) mass is 227 g/mol. The molecule has 0 spiro atoms. The van der Waals surface area contributed by atoms with Crippen molar-refractivity contribution in [1.29, 1.82) is 0 Å². The second kappa shape index (κ2) is 3.76. The summed E-state index contributed by atoms with van der Waals surface area (Å²) in [6.07, 6.45) is 9.77. The van der Waals surface area contributed by atoms with E-state index in [2.05, 4.69) is 23.5 Å². The Labute approximate surface area is 104 Å². The number of anilines is 1. The van der Waals surface area contributed by atoms with E-state index in [1.54, 1.807) is 11.1 Å². The van der Waals surface area contributed by atoms with Gasteiger partial charge in [-0.1, -0.05) is 6.07 Å². The van der Waals surface area contributed by atoms with Crippen LogP contribution in [0.15, 0.2) is 18.2 Å². The molecule has 0 aromatic heterocycles. The van der Waals surface area contributed by atoms with Crippen molar-refractivity contribution in [3.8, 4) is 0 Å². The first-order chi connectivity index (χ1) is 8.40. The second-order valence-corrected chi connectivity index (χ2v) is 6.18. The van der Waals surface area contributed by atoms with Gasteiger partial charge in [-0.15, -0.1) is 0 Å². The molecular formula is C16H21N. The molecule has 0 aliphatic heterocycles. The molecule has 17 heavy (non-hydrogen) atoms. The van der Waals surface area contributed by atoms with Crippen LogP contribution in [0.3, 0.4) is 0 Å². The summed E-state index contributed by atoms with van der Waals surface area (Å²) in [5.41, 5.74) is 4.57. The van der Waals surface area contributed by atoms with Crippen molar-refractivity contribution in [2.75, 3.05) is 5.32 Å². The molecule has 0 bridgehead atoms. The summed E-state index contributed by atoms with van der Waals surface area (Å²) >= 11 is 0. The topological polar surface area (TPSA) is 12.0 Å². The molecular weight excluding hydrogens is 206 g/mol. The summed E-state index contributed by atoms with van der Waals surface area (Å²) in [7, 11) is 0. The van der Waals surface area contributed by atoms with E-state index >= 15 is 0 Å². The van der Waals surface area contributed by atoms with E-state index in [4.69, 9.17) is 0 Å². The molecule has 0 heterocycles. The zero-order chi connectivity index (χ0) is 11.2. The van der Waals surface area contributed by atoms with Crippen LogP contribution in [-0.2, 0) is 12.8 Å². The molecule has 3 aliphatic rings. The van der Waals surface area contributed by atoms with Crippen LogP contribution in [0.2, 0.25) is 0 Å². The van der Waals surface area contributed by atoms with Gasteiger partial charge in [0.2, 0.25) is 0 Å². The van der Waals surface area contributed by atoms with Crippen LogP contribution in [0, 0.1) is 11.8 Å². The summed E-state index contributed by atoms with van der Waals surface area (Å²) in [6.45, 7) is 0. The summed E-state index contributed by atoms with van der Waals surface area (Å²) < 4.78 is 0. The average molecular weight is 227 g/mol. The summed E-state index contributed by atoms with van der Waals surface area (Å²) in [6, 6.07) is 7.86. The third kappa shape index (κ3) is 1.96. The highest BCUT2D eigenvalue weighted by atomic mass is 15.0. The van der Waals surface area contributed by atoms with Gasteiger partial charge in [-0.25, -0.2) is 0 Å². The molecule has 1 heteroatoms. The highest BCUT2D eigenvalue weighted by Crippen LogP contribution is 2.46. The molecule has 0 amide bonds. The van der Waals surface area contributed by atoms with Crippen molar-refractivity contribution in [2.24, 2.45) is 11.8 Å². The molecule has 0 radical (unpaired) electrons. The van der Waals surface area contributed by atoms with Crippen molar-refractivity contribution < 1.29 is 0 Å². The van der Waals surface area contributed by atoms with Crippen LogP contribution in [0.4, 0.5) is 5.69 Å². The third-order valence-electron chi connectivity index (χ3n) is 4.69. The summed E-state index contributed by atoms with van der Waals surface area (Å²) in [5, 5.41) is 3.83. The fourth-order valence-corrected chi connectivity index (χ4v) is 3.39. The highest BCUT2D eigenvalue weighted by Gasteiger charge is 2.41. The first-order valence-electron chi connectivity index (χ1n) is 7.28. The molecule has 1 N–H and O–H groups in total. The largest absolute Gasteiger partial charge is 0.382 e. The Balaban J connectivity index is 1.53. The number of nitrogens with one attached hydrogen (secondary N) is 1. The highest BCUT2D eigenvalue weighted by molar-refractivity contribution is 5.51. The minimum Gasteiger partial charge on any atom is -0.382 e. The van der Waals surface area contributed by atoms with Gasteiger partial charge in [0, 0.05) is 11.7 Å². The van der Waals surface area contributed by atoms with Crippen LogP contribution in [0.1, 0.15) is 43.2 Å². The molecule has 1 nitrogen and oxygen atoms in total. The first-order valence-corrected chi connectivity index (χ1v) is 7.28. The van der Waals surface area contributed by atoms with Gasteiger partial charge in [0.1, 0.15) is 0 Å². The smallest absolute Gasteiger partial charge is 0.0345 e. The van der Waals surface area contributed by atoms with Gasteiger partial charge in [0.05, 0.1) is 0 Å². The van der Waals surface area contributed by atoms with Crippen LogP contribution in [0.25, 0.3) is 0 Å². The number of rotatable bonds is 4. The first kappa shape index (κ1) is 9.99. The average Bonchev–Trinajstić information content (AvgIpc) is 3.24. The molecule has 4 rings (SSSR count). The lowest BCUT2D eigenvalue weighted by molar-refractivity contribution is 0.568. The number of fused-ring (bicyclic) bond motifs is 1. The Kier molecular flexibility index (Phi) is 2.21. The van der Waals surface area contributed by atoms with E-state index in [9.17, 15) is 0 Å². The van der Waals surface area contributed by atoms with Gasteiger partial charge < -0.3 is 5.32 Å². The predicted molar refractivity (Wildman–Crippen MR) is 71.3 cm³/mol. The Bertz CT molecular complexity index is 417. The second-order valence-electron chi connectivity index (χ2n) is 6.18. The van der Waals surface area contributed by atoms with Gasteiger partial charge in [-0.3, -0.25) is 0 Å². The predicted octanol–water partition coefficient (Wildman–Crippen LogP) is 3.78. The number of benzene rings is 1. The fraction of sp³-hybridized carbons (Fsp3) is 0.625. The Morgan fingerprint density at radius 1 is 0.941 bits per heavy atom. The number of aryl methyl sites for hydroxylation is 2. The van der Waals surface area contributed by atoms with E-state index in [-0.39, 0.29) is 0 Å². The minimum atomic E-state index is 0.787. The van der Waals surface area contributed by atoms with Crippen molar-refractivity contribution in [3.05, 3.63) is 29.3 Å². The zero-order valence-electron chi connectivity index (χ0n) is 10.4. The maximum atomic E-state index is 3.83. The summed E-state index contributed by atoms with van der Waals surface area (Å²) in [5.74, 6) is 1.96. The SMILES string of the molecule is c1cc2c(cc1NC(C1CC1)C1CC1)CCC2. The van der Waals surface area contributed by atoms with E-state index in [1.807, 2.05) is 0 Å². The van der Waals surface area contributed by atoms with Gasteiger partial charge in [-0.2, -0.15) is 0 Å². The van der Waals surface area contributed by atoms with E-state index in [0.717, 1.165) is 17.9 Å². The lowest BCUT2D eigenvalue weighted by Crippen LogP contribution is -2.24. The molecule has 0 unspecified atom stereocenters. The van der Waals surface area contributed by atoms with E-state index in [1.165, 1.54) is 50.6 Å². The molecule has 2 fully saturated rings. The molecule has 2 saturated carbocycles. The number of hydrogen-bond acceptors (Lipinski definition) is 1. The maximum absolute atomic E-state index is 3.83. The van der Waals surface area contributed by atoms with Crippen molar-refractivity contribution in [3.63, 3.8) is 0 Å². The lowest BCUT2D eigenvalue weighted by atomic mass is 10.1. The Morgan fingerprint density at radius 3 is 2.35 bits per heavy atom. The van der Waals surface area contributed by atoms with Crippen LogP contribution in [-0.4, -0.2) is 6.04 Å². The summed E-state index contributed by atoms with van der Waals surface area (Å²) in [4.78, 5) is 0. The molecule has 90 valence electrons. The van der Waals surface area contributed by atoms with Crippen molar-refractivity contribution >= 4 is 5.69 Å². The third-order valence-corrected chi connectivity index (χ3v) is 4.69. The van der Waals surface area contributed by atoms with Crippen molar-refractivity contribution in [2.45, 2.75) is 51.0 Å².